The van der Waals surface area contributed by atoms with Crippen molar-refractivity contribution >= 4 is 11.6 Å². The molecule has 1 aromatic rings. The smallest absolute Gasteiger partial charge is 0.0575 e. The molecule has 4 rings (SSSR count). The number of benzene rings is 1. The van der Waals surface area contributed by atoms with Crippen LogP contribution in [0.5, 0.6) is 0 Å². The molecule has 0 heterocycles. The molecule has 0 saturated heterocycles. The Kier molecular flexibility index (Phi) is 2.13. The second-order valence-electron chi connectivity index (χ2n) is 5.01. The van der Waals surface area contributed by atoms with E-state index in [-0.39, 0.29) is 5.41 Å². The minimum atomic E-state index is -0.111. The van der Waals surface area contributed by atoms with Crippen LogP contribution in [0.2, 0.25) is 0 Å². The number of fused-ring (bicyclic) bond motifs is 1. The largest absolute Gasteiger partial charge is 0.0658 e. The summed E-state index contributed by atoms with van der Waals surface area (Å²) in [4.78, 5) is 0. The third kappa shape index (κ3) is 1.40. The van der Waals surface area contributed by atoms with Crippen LogP contribution in [0.25, 0.3) is 11.6 Å². The van der Waals surface area contributed by atoms with Crippen molar-refractivity contribution in [3.05, 3.63) is 95.0 Å². The molecule has 1 unspecified atom stereocenters. The summed E-state index contributed by atoms with van der Waals surface area (Å²) in [6.45, 7) is 0. The summed E-state index contributed by atoms with van der Waals surface area (Å²) in [6.07, 6.45) is 21.8. The Bertz CT molecular complexity index is 810. The van der Waals surface area contributed by atoms with Crippen molar-refractivity contribution in [1.82, 2.24) is 0 Å². The van der Waals surface area contributed by atoms with Crippen LogP contribution in [-0.4, -0.2) is 0 Å². The second-order valence-corrected chi connectivity index (χ2v) is 5.01. The first-order chi connectivity index (χ1) is 9.40. The predicted octanol–water partition coefficient (Wildman–Crippen LogP) is 2.60. The minimum absolute atomic E-state index is 0.111. The van der Waals surface area contributed by atoms with Crippen molar-refractivity contribution < 1.29 is 0 Å². The minimum Gasteiger partial charge on any atom is -0.0658 e. The van der Waals surface area contributed by atoms with Crippen molar-refractivity contribution in [3.63, 3.8) is 0 Å². The van der Waals surface area contributed by atoms with Crippen molar-refractivity contribution in [2.24, 2.45) is 5.41 Å². The maximum absolute atomic E-state index is 3.35. The highest BCUT2D eigenvalue weighted by atomic mass is 14.4. The van der Waals surface area contributed by atoms with Crippen molar-refractivity contribution in [2.45, 2.75) is 0 Å². The van der Waals surface area contributed by atoms with E-state index in [1.807, 2.05) is 6.07 Å². The van der Waals surface area contributed by atoms with E-state index >= 15 is 0 Å². The number of allylic oxidation sites excluding steroid dienone is 10. The molecule has 0 amide bonds. The van der Waals surface area contributed by atoms with Gasteiger partial charge in [-0.05, 0) is 33.7 Å². The Hall–Kier alpha value is -2.34. The Morgan fingerprint density at radius 1 is 0.947 bits per heavy atom. The predicted molar refractivity (Wildman–Crippen MR) is 79.5 cm³/mol. The molecule has 0 aromatic heterocycles. The Morgan fingerprint density at radius 3 is 2.79 bits per heavy atom. The number of hydrogen-bond donors (Lipinski definition) is 0. The maximum Gasteiger partial charge on any atom is 0.0575 e. The summed E-state index contributed by atoms with van der Waals surface area (Å²) in [7, 11) is 0. The standard InChI is InChI=1S/C19H13/c1-2-9-16-14-15-8-3-4-10-17(15)18-11-5-7-13-19(16,18)12-6-1/h1-7,9-14H. The molecule has 0 fully saturated rings. The maximum atomic E-state index is 3.35. The molecule has 0 N–H and O–H groups in total. The second kappa shape index (κ2) is 3.83. The molecule has 0 aliphatic heterocycles. The van der Waals surface area contributed by atoms with Crippen LogP contribution in [0.1, 0.15) is 0 Å². The van der Waals surface area contributed by atoms with Crippen molar-refractivity contribution in [1.29, 1.82) is 0 Å². The van der Waals surface area contributed by atoms with Gasteiger partial charge in [0.15, 0.2) is 0 Å². The van der Waals surface area contributed by atoms with Crippen LogP contribution in [0.3, 0.4) is 0 Å². The fourth-order valence-electron chi connectivity index (χ4n) is 3.09. The normalized spacial score (nSPS) is 25.9. The Balaban J connectivity index is 2.21. The number of rotatable bonds is 0. The highest BCUT2D eigenvalue weighted by molar-refractivity contribution is 5.82. The van der Waals surface area contributed by atoms with Crippen LogP contribution in [0.15, 0.2) is 78.5 Å². The van der Waals surface area contributed by atoms with Crippen LogP contribution < -0.4 is 10.4 Å². The van der Waals surface area contributed by atoms with Crippen LogP contribution in [-0.2, 0) is 0 Å². The highest BCUT2D eigenvalue weighted by Crippen LogP contribution is 2.44. The van der Waals surface area contributed by atoms with Gasteiger partial charge in [-0.3, -0.25) is 0 Å². The van der Waals surface area contributed by atoms with E-state index in [1.54, 1.807) is 0 Å². The fourth-order valence-corrected chi connectivity index (χ4v) is 3.09. The van der Waals surface area contributed by atoms with Crippen molar-refractivity contribution in [2.75, 3.05) is 0 Å². The van der Waals surface area contributed by atoms with Gasteiger partial charge in [0, 0.05) is 0 Å². The first kappa shape index (κ1) is 10.6. The molecular formula is C19H13. The van der Waals surface area contributed by atoms with E-state index in [0.717, 1.165) is 0 Å². The molecule has 1 aromatic carbocycles. The van der Waals surface area contributed by atoms with E-state index < -0.39 is 0 Å². The average molecular weight is 241 g/mol. The quantitative estimate of drug-likeness (QED) is 0.655. The van der Waals surface area contributed by atoms with Crippen LogP contribution >= 0.6 is 0 Å². The van der Waals surface area contributed by atoms with E-state index in [1.165, 1.54) is 21.6 Å². The molecule has 19 heavy (non-hydrogen) atoms. The van der Waals surface area contributed by atoms with Crippen LogP contribution in [0.4, 0.5) is 0 Å². The average Bonchev–Trinajstić information content (AvgIpc) is 2.66. The van der Waals surface area contributed by atoms with Gasteiger partial charge >= 0.3 is 0 Å². The zero-order valence-corrected chi connectivity index (χ0v) is 10.5. The van der Waals surface area contributed by atoms with E-state index in [9.17, 15) is 0 Å². The van der Waals surface area contributed by atoms with Gasteiger partial charge in [-0.1, -0.05) is 72.9 Å². The summed E-state index contributed by atoms with van der Waals surface area (Å²) in [5, 5.41) is 2.47. The van der Waals surface area contributed by atoms with Crippen LogP contribution in [0, 0.1) is 11.5 Å². The van der Waals surface area contributed by atoms with Gasteiger partial charge in [0.1, 0.15) is 0 Å². The SMILES string of the molecule is [c]1cccc2c1=CC1=CC=CC=CC13C=CC=CC=23. The third-order valence-corrected chi connectivity index (χ3v) is 3.99. The van der Waals surface area contributed by atoms with Gasteiger partial charge in [0.2, 0.25) is 0 Å². The summed E-state index contributed by atoms with van der Waals surface area (Å²) in [5.41, 5.74) is 2.54. The van der Waals surface area contributed by atoms with Gasteiger partial charge in [-0.2, -0.15) is 0 Å². The van der Waals surface area contributed by atoms with E-state index in [0.29, 0.717) is 0 Å². The molecule has 0 bridgehead atoms. The molecule has 1 spiro atoms. The van der Waals surface area contributed by atoms with Gasteiger partial charge < -0.3 is 0 Å². The monoisotopic (exact) mass is 241 g/mol. The lowest BCUT2D eigenvalue weighted by Crippen LogP contribution is -2.38. The van der Waals surface area contributed by atoms with E-state index in [4.69, 9.17) is 0 Å². The molecule has 3 aliphatic carbocycles. The lowest BCUT2D eigenvalue weighted by atomic mass is 9.68. The van der Waals surface area contributed by atoms with Gasteiger partial charge in [-0.15, -0.1) is 0 Å². The lowest BCUT2D eigenvalue weighted by Gasteiger charge is -2.34. The molecule has 1 atom stereocenters. The molecular weight excluding hydrogens is 228 g/mol. The van der Waals surface area contributed by atoms with Crippen molar-refractivity contribution in [3.8, 4) is 0 Å². The molecule has 1 radical (unpaired) electrons. The first-order valence-electron chi connectivity index (χ1n) is 6.56. The highest BCUT2D eigenvalue weighted by Gasteiger charge is 2.34. The lowest BCUT2D eigenvalue weighted by molar-refractivity contribution is 0.801. The topological polar surface area (TPSA) is 0 Å². The Morgan fingerprint density at radius 2 is 1.84 bits per heavy atom. The number of hydrogen-bond acceptors (Lipinski definition) is 0. The zero-order valence-electron chi connectivity index (χ0n) is 10.5. The summed E-state index contributed by atoms with van der Waals surface area (Å²) in [6, 6.07) is 9.58. The van der Waals surface area contributed by atoms with E-state index in [2.05, 4.69) is 79.0 Å². The first-order valence-corrected chi connectivity index (χ1v) is 6.56. The molecule has 0 nitrogen and oxygen atoms in total. The Labute approximate surface area is 112 Å². The summed E-state index contributed by atoms with van der Waals surface area (Å²) in [5.74, 6) is 0. The molecule has 3 aliphatic rings. The summed E-state index contributed by atoms with van der Waals surface area (Å²) >= 11 is 0. The molecule has 89 valence electrons. The van der Waals surface area contributed by atoms with Gasteiger partial charge in [-0.25, -0.2) is 0 Å². The fraction of sp³-hybridized carbons (Fsp3) is 0.0526. The summed E-state index contributed by atoms with van der Waals surface area (Å²) < 4.78 is 0. The third-order valence-electron chi connectivity index (χ3n) is 3.99. The molecule has 0 heteroatoms. The molecule has 0 saturated carbocycles. The van der Waals surface area contributed by atoms with Gasteiger partial charge in [0.25, 0.3) is 0 Å². The zero-order chi connectivity index (χ0) is 12.7. The van der Waals surface area contributed by atoms with Gasteiger partial charge in [0.05, 0.1) is 5.41 Å².